The first kappa shape index (κ1) is 9.52. The maximum Gasteiger partial charge on any atom is 0.0871 e. The molecule has 0 aliphatic carbocycles. The molecule has 68 valence electrons. The fourth-order valence-electron chi connectivity index (χ4n) is 0.888. The molecular formula is C11H14N2. The van der Waals surface area contributed by atoms with Crippen LogP contribution in [0.3, 0.4) is 0 Å². The number of allylic oxidation sites excluding steroid dienone is 6. The lowest BCUT2D eigenvalue weighted by Gasteiger charge is -1.97. The van der Waals surface area contributed by atoms with E-state index in [9.17, 15) is 0 Å². The van der Waals surface area contributed by atoms with Crippen LogP contribution < -0.4 is 5.32 Å². The van der Waals surface area contributed by atoms with Gasteiger partial charge in [0.1, 0.15) is 0 Å². The van der Waals surface area contributed by atoms with E-state index in [1.165, 1.54) is 0 Å². The first-order valence-corrected chi connectivity index (χ1v) is 4.34. The molecule has 1 aliphatic heterocycles. The summed E-state index contributed by atoms with van der Waals surface area (Å²) in [4.78, 5) is 4.14. The van der Waals surface area contributed by atoms with Crippen LogP contribution in [0.2, 0.25) is 0 Å². The van der Waals surface area contributed by atoms with Crippen LogP contribution in [0.1, 0.15) is 6.92 Å². The van der Waals surface area contributed by atoms with Crippen LogP contribution in [-0.2, 0) is 0 Å². The Labute approximate surface area is 79.1 Å². The molecule has 1 heterocycles. The molecule has 0 bridgehead atoms. The minimum atomic E-state index is 0.717. The Morgan fingerprint density at radius 3 is 3.00 bits per heavy atom. The molecule has 0 unspecified atom stereocenters. The van der Waals surface area contributed by atoms with Gasteiger partial charge in [0.05, 0.1) is 12.9 Å². The Balaban J connectivity index is 2.70. The van der Waals surface area contributed by atoms with Gasteiger partial charge in [-0.15, -0.1) is 0 Å². The molecule has 0 atom stereocenters. The number of hydrogen-bond acceptors (Lipinski definition) is 2. The van der Waals surface area contributed by atoms with Gasteiger partial charge < -0.3 is 5.32 Å². The van der Waals surface area contributed by atoms with Gasteiger partial charge in [0.25, 0.3) is 0 Å². The van der Waals surface area contributed by atoms with Crippen molar-refractivity contribution in [3.05, 3.63) is 48.2 Å². The first-order chi connectivity index (χ1) is 6.43. The number of nitrogens with zero attached hydrogens (tertiary/aromatic N) is 1. The van der Waals surface area contributed by atoms with Crippen molar-refractivity contribution in [2.75, 3.05) is 6.54 Å². The van der Waals surface area contributed by atoms with Gasteiger partial charge in [-0.3, -0.25) is 4.99 Å². The third-order valence-electron chi connectivity index (χ3n) is 1.59. The zero-order valence-corrected chi connectivity index (χ0v) is 7.77. The van der Waals surface area contributed by atoms with Gasteiger partial charge in [0, 0.05) is 5.70 Å². The summed E-state index contributed by atoms with van der Waals surface area (Å²) in [6.07, 6.45) is 15.7. The largest absolute Gasteiger partial charge is 0.347 e. The molecule has 0 saturated carbocycles. The molecule has 1 aliphatic rings. The Hall–Kier alpha value is -1.57. The standard InChI is InChI=1S/C11H14N2/c1-2-11-8-6-4-3-5-7-9-12-10-13-11/h2-8,10H,9H2,1H3,(H,12,13)/b4-3-,7-5+,8-6-,11-2+. The van der Waals surface area contributed by atoms with Crippen molar-refractivity contribution in [1.82, 2.24) is 5.32 Å². The van der Waals surface area contributed by atoms with E-state index < -0.39 is 0 Å². The van der Waals surface area contributed by atoms with E-state index in [-0.39, 0.29) is 0 Å². The zero-order valence-electron chi connectivity index (χ0n) is 7.77. The summed E-state index contributed by atoms with van der Waals surface area (Å²) in [5, 5.41) is 3.08. The van der Waals surface area contributed by atoms with Crippen molar-refractivity contribution >= 4 is 6.34 Å². The summed E-state index contributed by atoms with van der Waals surface area (Å²) >= 11 is 0. The normalized spacial score (nSPS) is 27.3. The lowest BCUT2D eigenvalue weighted by atomic mass is 10.3. The van der Waals surface area contributed by atoms with Gasteiger partial charge in [0.15, 0.2) is 0 Å². The molecule has 1 rings (SSSR count). The van der Waals surface area contributed by atoms with Crippen molar-refractivity contribution in [3.63, 3.8) is 0 Å². The third kappa shape index (κ3) is 4.11. The molecule has 0 aromatic heterocycles. The monoisotopic (exact) mass is 174 g/mol. The van der Waals surface area contributed by atoms with Gasteiger partial charge in [-0.05, 0) is 13.0 Å². The summed E-state index contributed by atoms with van der Waals surface area (Å²) in [5.74, 6) is 0. The summed E-state index contributed by atoms with van der Waals surface area (Å²) in [7, 11) is 0. The van der Waals surface area contributed by atoms with Crippen molar-refractivity contribution in [2.24, 2.45) is 4.99 Å². The molecule has 0 aromatic carbocycles. The molecular weight excluding hydrogens is 160 g/mol. The van der Waals surface area contributed by atoms with E-state index in [0.717, 1.165) is 5.70 Å². The fourth-order valence-corrected chi connectivity index (χ4v) is 0.888. The van der Waals surface area contributed by atoms with E-state index in [4.69, 9.17) is 0 Å². The molecule has 0 saturated heterocycles. The Kier molecular flexibility index (Phi) is 4.39. The average Bonchev–Trinajstić information content (AvgIpc) is 2.22. The summed E-state index contributed by atoms with van der Waals surface area (Å²) in [5.41, 5.74) is 1.05. The fraction of sp³-hybridized carbons (Fsp3) is 0.182. The minimum Gasteiger partial charge on any atom is -0.347 e. The average molecular weight is 174 g/mol. The molecule has 0 amide bonds. The molecule has 0 fully saturated rings. The Morgan fingerprint density at radius 1 is 1.31 bits per heavy atom. The van der Waals surface area contributed by atoms with Crippen LogP contribution in [0.4, 0.5) is 0 Å². The second kappa shape index (κ2) is 6.00. The van der Waals surface area contributed by atoms with E-state index in [0.29, 0.717) is 6.54 Å². The van der Waals surface area contributed by atoms with Gasteiger partial charge >= 0.3 is 0 Å². The number of nitrogens with one attached hydrogen (secondary N) is 1. The Bertz CT molecular complexity index is 280. The molecule has 0 spiro atoms. The quantitative estimate of drug-likeness (QED) is 0.598. The smallest absolute Gasteiger partial charge is 0.0871 e. The van der Waals surface area contributed by atoms with Gasteiger partial charge in [-0.1, -0.05) is 36.5 Å². The van der Waals surface area contributed by atoms with Crippen LogP contribution in [0.25, 0.3) is 0 Å². The van der Waals surface area contributed by atoms with Gasteiger partial charge in [-0.25, -0.2) is 0 Å². The molecule has 2 nitrogen and oxygen atoms in total. The lowest BCUT2D eigenvalue weighted by Crippen LogP contribution is -2.08. The SMILES string of the molecule is C\C=C1/C=C\C=C/C=C/CN=CN1. The predicted molar refractivity (Wildman–Crippen MR) is 57.7 cm³/mol. The zero-order chi connectivity index (χ0) is 9.36. The first-order valence-electron chi connectivity index (χ1n) is 4.34. The summed E-state index contributed by atoms with van der Waals surface area (Å²) in [6, 6.07) is 0. The van der Waals surface area contributed by atoms with Crippen LogP contribution in [0.15, 0.2) is 53.2 Å². The highest BCUT2D eigenvalue weighted by Crippen LogP contribution is 1.92. The van der Waals surface area contributed by atoms with Crippen molar-refractivity contribution in [2.45, 2.75) is 6.92 Å². The number of aliphatic imine (C=N–C) groups is 1. The van der Waals surface area contributed by atoms with Crippen molar-refractivity contribution in [1.29, 1.82) is 0 Å². The third-order valence-corrected chi connectivity index (χ3v) is 1.59. The highest BCUT2D eigenvalue weighted by atomic mass is 14.9. The van der Waals surface area contributed by atoms with Crippen LogP contribution >= 0.6 is 0 Å². The summed E-state index contributed by atoms with van der Waals surface area (Å²) < 4.78 is 0. The van der Waals surface area contributed by atoms with Crippen LogP contribution in [0.5, 0.6) is 0 Å². The lowest BCUT2D eigenvalue weighted by molar-refractivity contribution is 1.15. The van der Waals surface area contributed by atoms with Gasteiger partial charge in [0.2, 0.25) is 0 Å². The minimum absolute atomic E-state index is 0.717. The highest BCUT2D eigenvalue weighted by Gasteiger charge is 1.83. The van der Waals surface area contributed by atoms with E-state index in [1.807, 2.05) is 49.5 Å². The van der Waals surface area contributed by atoms with Crippen molar-refractivity contribution in [3.8, 4) is 0 Å². The van der Waals surface area contributed by atoms with E-state index >= 15 is 0 Å². The second-order valence-electron chi connectivity index (χ2n) is 2.55. The Morgan fingerprint density at radius 2 is 2.15 bits per heavy atom. The number of hydrogen-bond donors (Lipinski definition) is 1. The summed E-state index contributed by atoms with van der Waals surface area (Å²) in [6.45, 7) is 2.70. The van der Waals surface area contributed by atoms with E-state index in [2.05, 4.69) is 10.3 Å². The van der Waals surface area contributed by atoms with Crippen LogP contribution in [0, 0.1) is 0 Å². The highest BCUT2D eigenvalue weighted by molar-refractivity contribution is 5.58. The maximum atomic E-state index is 4.14. The molecule has 13 heavy (non-hydrogen) atoms. The second-order valence-corrected chi connectivity index (χ2v) is 2.55. The van der Waals surface area contributed by atoms with Crippen molar-refractivity contribution < 1.29 is 0 Å². The molecule has 0 aromatic rings. The van der Waals surface area contributed by atoms with Gasteiger partial charge in [-0.2, -0.15) is 0 Å². The molecule has 2 heteroatoms. The predicted octanol–water partition coefficient (Wildman–Crippen LogP) is 2.19. The maximum absolute atomic E-state index is 4.14. The molecule has 0 radical (unpaired) electrons. The molecule has 1 N–H and O–H groups in total. The van der Waals surface area contributed by atoms with Crippen LogP contribution in [-0.4, -0.2) is 12.9 Å². The topological polar surface area (TPSA) is 24.4 Å². The van der Waals surface area contributed by atoms with E-state index in [1.54, 1.807) is 6.34 Å². The number of rotatable bonds is 0.